The maximum atomic E-state index is 14.1. The molecule has 2 nitrogen and oxygen atoms in total. The van der Waals surface area contributed by atoms with Crippen LogP contribution in [0.15, 0.2) is 18.2 Å². The molecule has 21 heavy (non-hydrogen) atoms. The Kier molecular flexibility index (Phi) is 4.27. The van der Waals surface area contributed by atoms with Crippen molar-refractivity contribution in [1.82, 2.24) is 4.90 Å². The van der Waals surface area contributed by atoms with Crippen molar-refractivity contribution in [3.8, 4) is 0 Å². The lowest BCUT2D eigenvalue weighted by molar-refractivity contribution is -0.0421. The topological polar surface area (TPSA) is 23.5 Å². The van der Waals surface area contributed by atoms with Crippen LogP contribution in [0.1, 0.15) is 56.6 Å². The summed E-state index contributed by atoms with van der Waals surface area (Å²) in [5.74, 6) is -0.996. The first-order valence-electron chi connectivity index (χ1n) is 8.01. The van der Waals surface area contributed by atoms with E-state index in [1.54, 1.807) is 0 Å². The normalized spacial score (nSPS) is 24.1. The van der Waals surface area contributed by atoms with Gasteiger partial charge in [0.1, 0.15) is 17.7 Å². The second-order valence-electron chi connectivity index (χ2n) is 6.43. The van der Waals surface area contributed by atoms with E-state index in [0.717, 1.165) is 69.8 Å². The van der Waals surface area contributed by atoms with Gasteiger partial charge in [0.2, 0.25) is 0 Å². The molecule has 1 unspecified atom stereocenters. The van der Waals surface area contributed by atoms with Gasteiger partial charge in [-0.05, 0) is 57.0 Å². The first-order valence-corrected chi connectivity index (χ1v) is 8.01. The summed E-state index contributed by atoms with van der Waals surface area (Å²) in [5.41, 5.74) is -0.294. The average Bonchev–Trinajstić information content (AvgIpc) is 3.01. The van der Waals surface area contributed by atoms with Gasteiger partial charge < -0.3 is 5.11 Å². The predicted molar refractivity (Wildman–Crippen MR) is 77.9 cm³/mol. The van der Waals surface area contributed by atoms with Crippen LogP contribution in [0.5, 0.6) is 0 Å². The molecule has 2 aliphatic rings. The van der Waals surface area contributed by atoms with Crippen molar-refractivity contribution in [2.45, 2.75) is 56.6 Å². The molecule has 1 heterocycles. The van der Waals surface area contributed by atoms with E-state index in [2.05, 4.69) is 4.90 Å². The molecule has 1 saturated heterocycles. The van der Waals surface area contributed by atoms with Gasteiger partial charge >= 0.3 is 0 Å². The maximum absolute atomic E-state index is 14.1. The Morgan fingerprint density at radius 2 is 1.67 bits per heavy atom. The third-order valence-corrected chi connectivity index (χ3v) is 5.22. The van der Waals surface area contributed by atoms with Crippen LogP contribution in [0.3, 0.4) is 0 Å². The van der Waals surface area contributed by atoms with Crippen molar-refractivity contribution in [3.63, 3.8) is 0 Å². The highest BCUT2D eigenvalue weighted by Crippen LogP contribution is 2.46. The Hall–Kier alpha value is -1.00. The Labute approximate surface area is 124 Å². The zero-order chi connectivity index (χ0) is 14.9. The Morgan fingerprint density at radius 3 is 2.33 bits per heavy atom. The van der Waals surface area contributed by atoms with Crippen LogP contribution in [-0.4, -0.2) is 28.6 Å². The second-order valence-corrected chi connectivity index (χ2v) is 6.43. The minimum absolute atomic E-state index is 0.113. The highest BCUT2D eigenvalue weighted by Gasteiger charge is 2.46. The monoisotopic (exact) mass is 295 g/mol. The van der Waals surface area contributed by atoms with Gasteiger partial charge in [-0.15, -0.1) is 0 Å². The Bertz CT molecular complexity index is 494. The van der Waals surface area contributed by atoms with Gasteiger partial charge in [0.15, 0.2) is 0 Å². The van der Waals surface area contributed by atoms with Crippen LogP contribution in [0.4, 0.5) is 8.78 Å². The Morgan fingerprint density at radius 1 is 1.00 bits per heavy atom. The van der Waals surface area contributed by atoms with E-state index < -0.39 is 23.3 Å². The van der Waals surface area contributed by atoms with Crippen molar-refractivity contribution in [3.05, 3.63) is 35.4 Å². The molecule has 1 N–H and O–H groups in total. The van der Waals surface area contributed by atoms with E-state index in [-0.39, 0.29) is 5.56 Å². The molecule has 0 spiro atoms. The molecule has 1 aromatic rings. The second kappa shape index (κ2) is 6.01. The first-order chi connectivity index (χ1) is 10.1. The van der Waals surface area contributed by atoms with Crippen molar-refractivity contribution in [2.75, 3.05) is 13.1 Å². The van der Waals surface area contributed by atoms with Crippen molar-refractivity contribution >= 4 is 0 Å². The van der Waals surface area contributed by atoms with Gasteiger partial charge in [0.05, 0.1) is 5.54 Å². The summed E-state index contributed by atoms with van der Waals surface area (Å²) in [6.45, 7) is 1.90. The lowest BCUT2D eigenvalue weighted by Crippen LogP contribution is -2.53. The van der Waals surface area contributed by atoms with Crippen molar-refractivity contribution in [1.29, 1.82) is 0 Å². The number of rotatable bonds is 3. The molecule has 1 aliphatic heterocycles. The van der Waals surface area contributed by atoms with Crippen LogP contribution in [0.2, 0.25) is 0 Å². The number of hydrogen-bond donors (Lipinski definition) is 1. The SMILES string of the molecule is OC(c1cc(F)ccc1F)C1(N2CCCCC2)CCCC1. The molecule has 2 fully saturated rings. The standard InChI is InChI=1S/C17H23F2NO/c18-13-6-7-15(19)14(12-13)16(21)17(8-2-3-9-17)20-10-4-1-5-11-20/h6-7,12,16,21H,1-5,8-11H2. The molecule has 1 aliphatic carbocycles. The summed E-state index contributed by atoms with van der Waals surface area (Å²) in [6, 6.07) is 3.38. The van der Waals surface area contributed by atoms with E-state index in [9.17, 15) is 13.9 Å². The summed E-state index contributed by atoms with van der Waals surface area (Å²) in [5, 5.41) is 10.9. The molecule has 0 amide bonds. The molecule has 1 aromatic carbocycles. The maximum Gasteiger partial charge on any atom is 0.129 e. The van der Waals surface area contributed by atoms with Crippen LogP contribution in [0, 0.1) is 11.6 Å². The Balaban J connectivity index is 1.94. The van der Waals surface area contributed by atoms with Gasteiger partial charge in [-0.25, -0.2) is 8.78 Å². The minimum atomic E-state index is -0.950. The van der Waals surface area contributed by atoms with Crippen LogP contribution >= 0.6 is 0 Å². The van der Waals surface area contributed by atoms with Gasteiger partial charge in [-0.3, -0.25) is 4.90 Å². The molecule has 3 rings (SSSR count). The summed E-state index contributed by atoms with van der Waals surface area (Å²) in [4.78, 5) is 2.33. The van der Waals surface area contributed by atoms with Crippen LogP contribution in [-0.2, 0) is 0 Å². The lowest BCUT2D eigenvalue weighted by Gasteiger charge is -2.46. The van der Waals surface area contributed by atoms with E-state index in [0.29, 0.717) is 0 Å². The summed E-state index contributed by atoms with van der Waals surface area (Å²) >= 11 is 0. The fourth-order valence-electron chi connectivity index (χ4n) is 4.10. The largest absolute Gasteiger partial charge is 0.386 e. The average molecular weight is 295 g/mol. The number of piperidine rings is 1. The van der Waals surface area contributed by atoms with E-state index in [1.807, 2.05) is 0 Å². The molecular formula is C17H23F2NO. The molecule has 4 heteroatoms. The minimum Gasteiger partial charge on any atom is -0.386 e. The first kappa shape index (κ1) is 14.9. The summed E-state index contributed by atoms with van der Waals surface area (Å²) in [7, 11) is 0. The van der Waals surface area contributed by atoms with Gasteiger partial charge in [0.25, 0.3) is 0 Å². The number of hydrogen-bond acceptors (Lipinski definition) is 2. The van der Waals surface area contributed by atoms with Gasteiger partial charge in [0, 0.05) is 5.56 Å². The highest BCUT2D eigenvalue weighted by atomic mass is 19.1. The zero-order valence-corrected chi connectivity index (χ0v) is 12.3. The smallest absolute Gasteiger partial charge is 0.129 e. The molecule has 1 saturated carbocycles. The quantitative estimate of drug-likeness (QED) is 0.917. The highest BCUT2D eigenvalue weighted by molar-refractivity contribution is 5.25. The predicted octanol–water partition coefficient (Wildman–Crippen LogP) is 3.80. The third-order valence-electron chi connectivity index (χ3n) is 5.22. The summed E-state index contributed by atoms with van der Waals surface area (Å²) in [6.07, 6.45) is 6.34. The molecule has 116 valence electrons. The fourth-order valence-corrected chi connectivity index (χ4v) is 4.10. The number of aliphatic hydroxyl groups is 1. The number of aliphatic hydroxyl groups excluding tert-OH is 1. The number of halogens is 2. The van der Waals surface area contributed by atoms with Gasteiger partial charge in [-0.1, -0.05) is 19.3 Å². The van der Waals surface area contributed by atoms with Crippen LogP contribution < -0.4 is 0 Å². The van der Waals surface area contributed by atoms with E-state index in [1.165, 1.54) is 6.42 Å². The number of benzene rings is 1. The molecule has 0 bridgehead atoms. The van der Waals surface area contributed by atoms with Crippen molar-refractivity contribution in [2.24, 2.45) is 0 Å². The van der Waals surface area contributed by atoms with Gasteiger partial charge in [-0.2, -0.15) is 0 Å². The lowest BCUT2D eigenvalue weighted by atomic mass is 9.82. The zero-order valence-electron chi connectivity index (χ0n) is 12.3. The van der Waals surface area contributed by atoms with E-state index in [4.69, 9.17) is 0 Å². The number of likely N-dealkylation sites (tertiary alicyclic amines) is 1. The van der Waals surface area contributed by atoms with Crippen LogP contribution in [0.25, 0.3) is 0 Å². The molecule has 0 radical (unpaired) electrons. The van der Waals surface area contributed by atoms with Crippen molar-refractivity contribution < 1.29 is 13.9 Å². The molecule has 1 atom stereocenters. The molecular weight excluding hydrogens is 272 g/mol. The third kappa shape index (κ3) is 2.71. The molecule has 0 aromatic heterocycles. The van der Waals surface area contributed by atoms with E-state index >= 15 is 0 Å². The summed E-state index contributed by atoms with van der Waals surface area (Å²) < 4.78 is 27.5. The number of nitrogens with zero attached hydrogens (tertiary/aromatic N) is 1. The fraction of sp³-hybridized carbons (Fsp3) is 0.647.